The van der Waals surface area contributed by atoms with Crippen LogP contribution < -0.4 is 5.32 Å². The van der Waals surface area contributed by atoms with E-state index < -0.39 is 0 Å². The average Bonchev–Trinajstić information content (AvgIpc) is 2.94. The minimum atomic E-state index is -0.326. The summed E-state index contributed by atoms with van der Waals surface area (Å²) in [6.07, 6.45) is 4.24. The third-order valence-corrected chi connectivity index (χ3v) is 5.60. The Morgan fingerprint density at radius 2 is 2.32 bits per heavy atom. The van der Waals surface area contributed by atoms with Crippen molar-refractivity contribution in [3.63, 3.8) is 0 Å². The van der Waals surface area contributed by atoms with E-state index in [0.717, 1.165) is 42.4 Å². The van der Waals surface area contributed by atoms with Crippen LogP contribution in [0.3, 0.4) is 0 Å². The Kier molecular flexibility index (Phi) is 4.32. The topological polar surface area (TPSA) is 53.6 Å². The number of nitrogens with zero attached hydrogens (tertiary/aromatic N) is 3. The predicted octanol–water partition coefficient (Wildman–Crippen LogP) is 2.93. The summed E-state index contributed by atoms with van der Waals surface area (Å²) in [5.41, 5.74) is 1.87. The molecule has 1 saturated carbocycles. The number of aromatic nitrogens is 2. The van der Waals surface area contributed by atoms with Crippen molar-refractivity contribution in [1.29, 1.82) is 5.26 Å². The molecule has 0 saturated heterocycles. The zero-order valence-corrected chi connectivity index (χ0v) is 13.4. The molecule has 2 unspecified atom stereocenters. The molecule has 1 N–H and O–H groups in total. The maximum absolute atomic E-state index is 9.44. The van der Waals surface area contributed by atoms with E-state index in [1.165, 1.54) is 5.69 Å². The lowest BCUT2D eigenvalue weighted by molar-refractivity contribution is 0.302. The summed E-state index contributed by atoms with van der Waals surface area (Å²) in [7, 11) is 1.90. The fourth-order valence-electron chi connectivity index (χ4n) is 3.17. The van der Waals surface area contributed by atoms with Crippen molar-refractivity contribution >= 4 is 15.9 Å². The Balaban J connectivity index is 2.06. The van der Waals surface area contributed by atoms with Gasteiger partial charge in [0, 0.05) is 12.2 Å². The molecular weight excluding hydrogens is 304 g/mol. The fourth-order valence-corrected chi connectivity index (χ4v) is 3.46. The average molecular weight is 325 g/mol. The van der Waals surface area contributed by atoms with Gasteiger partial charge in [0.2, 0.25) is 0 Å². The molecule has 0 radical (unpaired) electrons. The molecule has 0 bridgehead atoms. The summed E-state index contributed by atoms with van der Waals surface area (Å²) in [6.45, 7) is 4.97. The second kappa shape index (κ2) is 5.64. The van der Waals surface area contributed by atoms with Crippen LogP contribution in [0.25, 0.3) is 0 Å². The summed E-state index contributed by atoms with van der Waals surface area (Å²) in [5, 5.41) is 17.2. The SMILES string of the molecule is CNC1(C#N)CCCC1CCn1nc(C)c(Br)c1C. The Morgan fingerprint density at radius 3 is 2.84 bits per heavy atom. The minimum Gasteiger partial charge on any atom is -0.302 e. The van der Waals surface area contributed by atoms with Crippen molar-refractivity contribution in [2.45, 2.75) is 51.6 Å². The highest BCUT2D eigenvalue weighted by molar-refractivity contribution is 9.10. The van der Waals surface area contributed by atoms with Gasteiger partial charge in [-0.25, -0.2) is 0 Å². The first kappa shape index (κ1) is 14.5. The maximum atomic E-state index is 9.44. The number of hydrogen-bond donors (Lipinski definition) is 1. The van der Waals surface area contributed by atoms with Gasteiger partial charge < -0.3 is 5.32 Å². The second-order valence-corrected chi connectivity index (χ2v) is 6.21. The third-order valence-electron chi connectivity index (χ3n) is 4.45. The molecule has 0 amide bonds. The van der Waals surface area contributed by atoms with Gasteiger partial charge in [-0.1, -0.05) is 6.42 Å². The van der Waals surface area contributed by atoms with Crippen molar-refractivity contribution in [3.05, 3.63) is 15.9 Å². The largest absolute Gasteiger partial charge is 0.302 e. The lowest BCUT2D eigenvalue weighted by Gasteiger charge is -2.28. The molecule has 5 heteroatoms. The highest BCUT2D eigenvalue weighted by Gasteiger charge is 2.41. The van der Waals surface area contributed by atoms with Crippen molar-refractivity contribution < 1.29 is 0 Å². The molecule has 1 heterocycles. The zero-order valence-electron chi connectivity index (χ0n) is 11.8. The molecular formula is C14H21BrN4. The number of aryl methyl sites for hydroxylation is 2. The molecule has 0 spiro atoms. The number of nitriles is 1. The molecule has 0 aliphatic heterocycles. The van der Waals surface area contributed by atoms with Gasteiger partial charge in [-0.15, -0.1) is 0 Å². The molecule has 2 rings (SSSR count). The van der Waals surface area contributed by atoms with E-state index in [1.807, 2.05) is 14.0 Å². The van der Waals surface area contributed by atoms with Crippen LogP contribution in [0.4, 0.5) is 0 Å². The zero-order chi connectivity index (χ0) is 14.0. The molecule has 0 aromatic carbocycles. The number of rotatable bonds is 4. The van der Waals surface area contributed by atoms with E-state index in [9.17, 15) is 5.26 Å². The molecule has 1 aromatic heterocycles. The Morgan fingerprint density at radius 1 is 1.58 bits per heavy atom. The Hall–Kier alpha value is -0.860. The van der Waals surface area contributed by atoms with Crippen LogP contribution in [0.2, 0.25) is 0 Å². The van der Waals surface area contributed by atoms with Gasteiger partial charge in [0.15, 0.2) is 0 Å². The van der Waals surface area contributed by atoms with Crippen molar-refractivity contribution in [1.82, 2.24) is 15.1 Å². The predicted molar refractivity (Wildman–Crippen MR) is 78.8 cm³/mol. The summed E-state index contributed by atoms with van der Waals surface area (Å²) in [5.74, 6) is 0.421. The van der Waals surface area contributed by atoms with Crippen LogP contribution in [-0.2, 0) is 6.54 Å². The van der Waals surface area contributed by atoms with E-state index in [0.29, 0.717) is 5.92 Å². The molecule has 4 nitrogen and oxygen atoms in total. The third kappa shape index (κ3) is 2.56. The van der Waals surface area contributed by atoms with E-state index in [4.69, 9.17) is 0 Å². The summed E-state index contributed by atoms with van der Waals surface area (Å²) in [6, 6.07) is 2.49. The summed E-state index contributed by atoms with van der Waals surface area (Å²) >= 11 is 3.56. The van der Waals surface area contributed by atoms with Gasteiger partial charge in [-0.05, 0) is 62.0 Å². The molecule has 104 valence electrons. The first-order chi connectivity index (χ1) is 9.04. The number of hydrogen-bond acceptors (Lipinski definition) is 3. The minimum absolute atomic E-state index is 0.326. The molecule has 1 aromatic rings. The van der Waals surface area contributed by atoms with Crippen LogP contribution >= 0.6 is 15.9 Å². The van der Waals surface area contributed by atoms with Gasteiger partial charge in [0.1, 0.15) is 5.54 Å². The number of nitrogens with one attached hydrogen (secondary N) is 1. The van der Waals surface area contributed by atoms with E-state index >= 15 is 0 Å². The first-order valence-electron chi connectivity index (χ1n) is 6.83. The monoisotopic (exact) mass is 324 g/mol. The fraction of sp³-hybridized carbons (Fsp3) is 0.714. The van der Waals surface area contributed by atoms with E-state index in [2.05, 4.69) is 44.0 Å². The first-order valence-corrected chi connectivity index (χ1v) is 7.63. The molecule has 1 fully saturated rings. The van der Waals surface area contributed by atoms with Gasteiger partial charge in [-0.2, -0.15) is 10.4 Å². The van der Waals surface area contributed by atoms with Gasteiger partial charge in [-0.3, -0.25) is 4.68 Å². The molecule has 2 atom stereocenters. The van der Waals surface area contributed by atoms with Crippen LogP contribution in [0.1, 0.15) is 37.1 Å². The summed E-state index contributed by atoms with van der Waals surface area (Å²) in [4.78, 5) is 0. The van der Waals surface area contributed by atoms with Crippen LogP contribution in [-0.4, -0.2) is 22.4 Å². The van der Waals surface area contributed by atoms with Gasteiger partial charge >= 0.3 is 0 Å². The normalized spacial score (nSPS) is 26.6. The van der Waals surface area contributed by atoms with Crippen LogP contribution in [0.5, 0.6) is 0 Å². The second-order valence-electron chi connectivity index (χ2n) is 5.42. The van der Waals surface area contributed by atoms with Crippen molar-refractivity contribution in [2.24, 2.45) is 5.92 Å². The lowest BCUT2D eigenvalue weighted by Crippen LogP contribution is -2.45. The highest BCUT2D eigenvalue weighted by Crippen LogP contribution is 2.37. The molecule has 1 aliphatic carbocycles. The molecule has 1 aliphatic rings. The smallest absolute Gasteiger partial charge is 0.109 e. The quantitative estimate of drug-likeness (QED) is 0.926. The van der Waals surface area contributed by atoms with E-state index in [1.54, 1.807) is 0 Å². The van der Waals surface area contributed by atoms with Crippen molar-refractivity contribution in [2.75, 3.05) is 7.05 Å². The maximum Gasteiger partial charge on any atom is 0.109 e. The lowest BCUT2D eigenvalue weighted by atomic mass is 9.86. The standard InChI is InChI=1S/C14H21BrN4/c1-10-13(15)11(2)19(18-10)8-6-12-5-4-7-14(12,9-16)17-3/h12,17H,4-8H2,1-3H3. The van der Waals surface area contributed by atoms with Gasteiger partial charge in [0.25, 0.3) is 0 Å². The molecule has 19 heavy (non-hydrogen) atoms. The Labute approximate surface area is 123 Å². The van der Waals surface area contributed by atoms with Crippen LogP contribution in [0.15, 0.2) is 4.47 Å². The van der Waals surface area contributed by atoms with Gasteiger partial charge in [0.05, 0.1) is 16.2 Å². The number of halogens is 1. The van der Waals surface area contributed by atoms with Crippen LogP contribution in [0, 0.1) is 31.1 Å². The summed E-state index contributed by atoms with van der Waals surface area (Å²) < 4.78 is 3.15. The Bertz CT molecular complexity index is 502. The van der Waals surface area contributed by atoms with E-state index in [-0.39, 0.29) is 5.54 Å². The highest BCUT2D eigenvalue weighted by atomic mass is 79.9. The van der Waals surface area contributed by atoms with Crippen molar-refractivity contribution in [3.8, 4) is 6.07 Å².